The molecule has 0 amide bonds. The Balaban J connectivity index is 2.57. The first kappa shape index (κ1) is 18.1. The van der Waals surface area contributed by atoms with Crippen LogP contribution in [0.5, 0.6) is 0 Å². The second-order valence-electron chi connectivity index (χ2n) is 5.01. The molecule has 0 radical (unpaired) electrons. The molecule has 0 bridgehead atoms. The highest BCUT2D eigenvalue weighted by Crippen LogP contribution is 2.08. The Labute approximate surface area is 129 Å². The van der Waals surface area contributed by atoms with Crippen LogP contribution in [0.25, 0.3) is 0 Å². The highest BCUT2D eigenvalue weighted by Gasteiger charge is 2.17. The Morgan fingerprint density at radius 3 is 2.05 bits per heavy atom. The van der Waals surface area contributed by atoms with Gasteiger partial charge in [-0.05, 0) is 25.8 Å². The van der Waals surface area contributed by atoms with Crippen molar-refractivity contribution in [3.05, 3.63) is 35.9 Å². The minimum atomic E-state index is 0.327. The lowest BCUT2D eigenvalue weighted by Gasteiger charge is -2.31. The summed E-state index contributed by atoms with van der Waals surface area (Å²) in [5, 5.41) is 0. The third-order valence-corrected chi connectivity index (χ3v) is 3.56. The second kappa shape index (κ2) is 11.7. The molecular weight excluding hydrogens is 264 g/mol. The minimum absolute atomic E-state index is 0.327. The van der Waals surface area contributed by atoms with Crippen molar-refractivity contribution < 1.29 is 9.47 Å². The predicted molar refractivity (Wildman–Crippen MR) is 87.5 cm³/mol. The molecule has 1 atom stereocenters. The maximum absolute atomic E-state index is 6.01. The maximum atomic E-state index is 6.01. The molecule has 0 fully saturated rings. The van der Waals surface area contributed by atoms with Crippen LogP contribution in [0, 0.1) is 0 Å². The highest BCUT2D eigenvalue weighted by atomic mass is 16.5. The maximum Gasteiger partial charge on any atom is 0.0593 e. The van der Waals surface area contributed by atoms with Crippen LogP contribution in [0.4, 0.5) is 0 Å². The third-order valence-electron chi connectivity index (χ3n) is 3.56. The van der Waals surface area contributed by atoms with Crippen LogP contribution in [0.1, 0.15) is 19.4 Å². The Bertz CT molecular complexity index is 336. The monoisotopic (exact) mass is 294 g/mol. The number of hydrogen-bond acceptors (Lipinski definition) is 4. The zero-order chi connectivity index (χ0) is 15.3. The van der Waals surface area contributed by atoms with Crippen LogP contribution < -0.4 is 5.73 Å². The zero-order valence-corrected chi connectivity index (χ0v) is 13.5. The molecule has 0 aliphatic rings. The van der Waals surface area contributed by atoms with E-state index in [9.17, 15) is 0 Å². The molecule has 2 N–H and O–H groups in total. The van der Waals surface area contributed by atoms with Crippen molar-refractivity contribution in [3.8, 4) is 0 Å². The van der Waals surface area contributed by atoms with Crippen molar-refractivity contribution in [3.63, 3.8) is 0 Å². The van der Waals surface area contributed by atoms with Crippen LogP contribution in [0.3, 0.4) is 0 Å². The van der Waals surface area contributed by atoms with E-state index < -0.39 is 0 Å². The van der Waals surface area contributed by atoms with Gasteiger partial charge in [-0.2, -0.15) is 0 Å². The highest BCUT2D eigenvalue weighted by molar-refractivity contribution is 5.16. The largest absolute Gasteiger partial charge is 0.380 e. The number of hydrogen-bond donors (Lipinski definition) is 1. The van der Waals surface area contributed by atoms with E-state index in [2.05, 4.69) is 29.2 Å². The van der Waals surface area contributed by atoms with Crippen molar-refractivity contribution in [2.75, 3.05) is 46.1 Å². The number of ether oxygens (including phenoxy) is 2. The predicted octanol–water partition coefficient (Wildman–Crippen LogP) is 1.93. The van der Waals surface area contributed by atoms with Gasteiger partial charge >= 0.3 is 0 Å². The van der Waals surface area contributed by atoms with E-state index in [0.29, 0.717) is 12.6 Å². The fraction of sp³-hybridized carbons (Fsp3) is 0.647. The van der Waals surface area contributed by atoms with Crippen LogP contribution in [-0.4, -0.2) is 57.0 Å². The van der Waals surface area contributed by atoms with Crippen molar-refractivity contribution in [2.45, 2.75) is 26.3 Å². The molecule has 0 aromatic heterocycles. The topological polar surface area (TPSA) is 47.7 Å². The van der Waals surface area contributed by atoms with E-state index in [1.807, 2.05) is 19.9 Å². The zero-order valence-electron chi connectivity index (χ0n) is 13.5. The van der Waals surface area contributed by atoms with E-state index in [0.717, 1.165) is 45.9 Å². The van der Waals surface area contributed by atoms with Gasteiger partial charge in [0, 0.05) is 38.9 Å². The van der Waals surface area contributed by atoms with Crippen molar-refractivity contribution >= 4 is 0 Å². The lowest BCUT2D eigenvalue weighted by molar-refractivity contribution is 0.0642. The average Bonchev–Trinajstić information content (AvgIpc) is 2.52. The summed E-state index contributed by atoms with van der Waals surface area (Å²) >= 11 is 0. The molecule has 120 valence electrons. The summed E-state index contributed by atoms with van der Waals surface area (Å²) < 4.78 is 11.0. The summed E-state index contributed by atoms with van der Waals surface area (Å²) in [5.74, 6) is 0. The first-order valence-electron chi connectivity index (χ1n) is 7.95. The Morgan fingerprint density at radius 2 is 1.57 bits per heavy atom. The first-order chi connectivity index (χ1) is 10.3. The molecule has 1 aromatic rings. The summed E-state index contributed by atoms with van der Waals surface area (Å²) in [6, 6.07) is 10.8. The van der Waals surface area contributed by atoms with Gasteiger partial charge in [0.25, 0.3) is 0 Å². The lowest BCUT2D eigenvalue weighted by Crippen LogP contribution is -2.45. The summed E-state index contributed by atoms with van der Waals surface area (Å²) in [6.45, 7) is 9.49. The van der Waals surface area contributed by atoms with E-state index in [4.69, 9.17) is 15.2 Å². The van der Waals surface area contributed by atoms with Gasteiger partial charge in [0.1, 0.15) is 0 Å². The van der Waals surface area contributed by atoms with Gasteiger partial charge in [-0.15, -0.1) is 0 Å². The number of nitrogens with zero attached hydrogens (tertiary/aromatic N) is 1. The van der Waals surface area contributed by atoms with Gasteiger partial charge in [0.15, 0.2) is 0 Å². The number of nitrogens with two attached hydrogens (primary N) is 1. The van der Waals surface area contributed by atoms with Crippen molar-refractivity contribution in [1.29, 1.82) is 0 Å². The molecule has 1 rings (SSSR count). The van der Waals surface area contributed by atoms with Crippen LogP contribution in [-0.2, 0) is 15.9 Å². The number of benzene rings is 1. The van der Waals surface area contributed by atoms with Gasteiger partial charge in [-0.3, -0.25) is 4.90 Å². The normalized spacial score (nSPS) is 12.8. The van der Waals surface area contributed by atoms with Crippen LogP contribution >= 0.6 is 0 Å². The summed E-state index contributed by atoms with van der Waals surface area (Å²) in [6.07, 6.45) is 0.968. The molecule has 4 heteroatoms. The molecular formula is C17H30N2O2. The molecule has 1 unspecified atom stereocenters. The Morgan fingerprint density at radius 1 is 1.00 bits per heavy atom. The molecule has 0 heterocycles. The molecule has 1 aromatic carbocycles. The van der Waals surface area contributed by atoms with Gasteiger partial charge in [0.2, 0.25) is 0 Å². The van der Waals surface area contributed by atoms with Crippen molar-refractivity contribution in [1.82, 2.24) is 4.90 Å². The van der Waals surface area contributed by atoms with Gasteiger partial charge in [-0.1, -0.05) is 30.3 Å². The molecule has 4 nitrogen and oxygen atoms in total. The second-order valence-corrected chi connectivity index (χ2v) is 5.01. The van der Waals surface area contributed by atoms with Crippen LogP contribution in [0.2, 0.25) is 0 Å². The minimum Gasteiger partial charge on any atom is -0.380 e. The fourth-order valence-electron chi connectivity index (χ4n) is 2.38. The smallest absolute Gasteiger partial charge is 0.0593 e. The standard InChI is InChI=1S/C17H30N2O2/c1-3-20-12-10-19(11-13-21-4-2)17(15-18)14-16-8-6-5-7-9-16/h5-9,17H,3-4,10-15,18H2,1-2H3. The Kier molecular flexibility index (Phi) is 10.1. The summed E-state index contributed by atoms with van der Waals surface area (Å²) in [5.41, 5.74) is 7.33. The SMILES string of the molecule is CCOCCN(CCOCC)C(CN)Cc1ccccc1. The van der Waals surface area contributed by atoms with Crippen molar-refractivity contribution in [2.24, 2.45) is 5.73 Å². The quantitative estimate of drug-likeness (QED) is 0.598. The summed E-state index contributed by atoms with van der Waals surface area (Å²) in [7, 11) is 0. The van der Waals surface area contributed by atoms with E-state index in [1.165, 1.54) is 5.56 Å². The van der Waals surface area contributed by atoms with Gasteiger partial charge in [-0.25, -0.2) is 0 Å². The first-order valence-corrected chi connectivity index (χ1v) is 7.95. The molecule has 0 saturated carbocycles. The van der Waals surface area contributed by atoms with Gasteiger partial charge in [0.05, 0.1) is 13.2 Å². The molecule has 0 saturated heterocycles. The van der Waals surface area contributed by atoms with E-state index >= 15 is 0 Å². The van der Waals surface area contributed by atoms with E-state index in [-0.39, 0.29) is 0 Å². The molecule has 0 spiro atoms. The number of rotatable bonds is 12. The summed E-state index contributed by atoms with van der Waals surface area (Å²) in [4.78, 5) is 2.39. The van der Waals surface area contributed by atoms with E-state index in [1.54, 1.807) is 0 Å². The Hall–Kier alpha value is -0.940. The van der Waals surface area contributed by atoms with Crippen LogP contribution in [0.15, 0.2) is 30.3 Å². The molecule has 0 aliphatic carbocycles. The fourth-order valence-corrected chi connectivity index (χ4v) is 2.38. The lowest BCUT2D eigenvalue weighted by atomic mass is 10.0. The van der Waals surface area contributed by atoms with Gasteiger partial charge < -0.3 is 15.2 Å². The average molecular weight is 294 g/mol. The third kappa shape index (κ3) is 7.58. The molecule has 0 aliphatic heterocycles. The molecule has 21 heavy (non-hydrogen) atoms.